The van der Waals surface area contributed by atoms with Crippen molar-refractivity contribution in [3.63, 3.8) is 0 Å². The third kappa shape index (κ3) is 2.60. The molecule has 1 aromatic carbocycles. The van der Waals surface area contributed by atoms with Crippen LogP contribution in [0.2, 0.25) is 0 Å². The van der Waals surface area contributed by atoms with Crippen molar-refractivity contribution in [1.29, 1.82) is 5.26 Å². The van der Waals surface area contributed by atoms with Crippen molar-refractivity contribution >= 4 is 11.8 Å². The molecule has 0 spiro atoms. The maximum atomic E-state index is 9.08. The first kappa shape index (κ1) is 12.9. The molecule has 20 heavy (non-hydrogen) atoms. The number of ether oxygens (including phenoxy) is 1. The van der Waals surface area contributed by atoms with E-state index < -0.39 is 0 Å². The Balaban J connectivity index is 1.72. The molecular formula is C13H13N5OS. The molecule has 1 fully saturated rings. The number of rotatable bonds is 5. The summed E-state index contributed by atoms with van der Waals surface area (Å²) in [4.78, 5) is 0. The summed E-state index contributed by atoms with van der Waals surface area (Å²) in [5.41, 5.74) is 1.60. The zero-order valence-corrected chi connectivity index (χ0v) is 11.8. The number of thioether (sulfide) groups is 1. The highest BCUT2D eigenvalue weighted by Gasteiger charge is 2.27. The van der Waals surface area contributed by atoms with E-state index in [2.05, 4.69) is 21.6 Å². The molecule has 0 atom stereocenters. The van der Waals surface area contributed by atoms with Gasteiger partial charge in [-0.3, -0.25) is 0 Å². The van der Waals surface area contributed by atoms with Crippen LogP contribution < -0.4 is 4.74 Å². The minimum Gasteiger partial charge on any atom is -0.495 e. The smallest absolute Gasteiger partial charge is 0.209 e. The van der Waals surface area contributed by atoms with E-state index in [0.29, 0.717) is 17.4 Å². The molecule has 1 heterocycles. The number of hydrogen-bond acceptors (Lipinski definition) is 6. The van der Waals surface area contributed by atoms with Gasteiger partial charge in [0.05, 0.1) is 18.7 Å². The molecule has 0 unspecified atom stereocenters. The third-order valence-electron chi connectivity index (χ3n) is 3.11. The molecule has 1 aliphatic carbocycles. The van der Waals surface area contributed by atoms with E-state index in [0.717, 1.165) is 29.3 Å². The molecular weight excluding hydrogens is 274 g/mol. The normalized spacial score (nSPS) is 14.0. The van der Waals surface area contributed by atoms with Crippen molar-refractivity contribution in [2.24, 2.45) is 0 Å². The standard InChI is InChI=1S/C13H13N5OS/c1-19-12-5-2-9(6-10(12)7-14)8-20-13-15-16-17-18(13)11-3-4-11/h2,5-6,11H,3-4,8H2,1H3. The quantitative estimate of drug-likeness (QED) is 0.784. The Labute approximate surface area is 120 Å². The summed E-state index contributed by atoms with van der Waals surface area (Å²) in [5, 5.41) is 21.7. The van der Waals surface area contributed by atoms with Gasteiger partial charge in [0.1, 0.15) is 11.8 Å². The summed E-state index contributed by atoms with van der Waals surface area (Å²) in [7, 11) is 1.56. The van der Waals surface area contributed by atoms with E-state index in [-0.39, 0.29) is 0 Å². The van der Waals surface area contributed by atoms with Gasteiger partial charge in [-0.1, -0.05) is 17.8 Å². The first-order valence-electron chi connectivity index (χ1n) is 6.29. The molecule has 0 aliphatic heterocycles. The number of nitriles is 1. The van der Waals surface area contributed by atoms with E-state index in [4.69, 9.17) is 10.00 Å². The number of methoxy groups -OCH3 is 1. The minimum atomic E-state index is 0.470. The molecule has 0 bridgehead atoms. The van der Waals surface area contributed by atoms with Gasteiger partial charge < -0.3 is 4.74 Å². The summed E-state index contributed by atoms with van der Waals surface area (Å²) in [6.45, 7) is 0. The number of nitrogens with zero attached hydrogens (tertiary/aromatic N) is 5. The zero-order valence-electron chi connectivity index (χ0n) is 11.0. The van der Waals surface area contributed by atoms with Crippen molar-refractivity contribution < 1.29 is 4.74 Å². The number of benzene rings is 1. The average Bonchev–Trinajstić information content (AvgIpc) is 3.23. The van der Waals surface area contributed by atoms with Gasteiger partial charge >= 0.3 is 0 Å². The molecule has 6 nitrogen and oxygen atoms in total. The van der Waals surface area contributed by atoms with Gasteiger partial charge in [0.25, 0.3) is 0 Å². The number of tetrazole rings is 1. The van der Waals surface area contributed by atoms with E-state index in [1.54, 1.807) is 18.9 Å². The van der Waals surface area contributed by atoms with Crippen molar-refractivity contribution in [2.45, 2.75) is 29.8 Å². The van der Waals surface area contributed by atoms with Gasteiger partial charge in [0, 0.05) is 5.75 Å². The highest BCUT2D eigenvalue weighted by molar-refractivity contribution is 7.98. The Bertz CT molecular complexity index is 659. The molecule has 0 amide bonds. The third-order valence-corrected chi connectivity index (χ3v) is 4.11. The molecule has 0 N–H and O–H groups in total. The summed E-state index contributed by atoms with van der Waals surface area (Å²) < 4.78 is 7.02. The fourth-order valence-corrected chi connectivity index (χ4v) is 2.80. The molecule has 0 radical (unpaired) electrons. The van der Waals surface area contributed by atoms with Crippen LogP contribution in [0.1, 0.15) is 30.0 Å². The molecule has 3 rings (SSSR count). The summed E-state index contributed by atoms with van der Waals surface area (Å²) in [5.74, 6) is 1.33. The van der Waals surface area contributed by atoms with Crippen LogP contribution in [0.15, 0.2) is 23.4 Å². The van der Waals surface area contributed by atoms with Crippen molar-refractivity contribution in [3.05, 3.63) is 29.3 Å². The summed E-state index contributed by atoms with van der Waals surface area (Å²) in [6.07, 6.45) is 2.30. The van der Waals surface area contributed by atoms with Gasteiger partial charge in [-0.05, 0) is 41.0 Å². The van der Waals surface area contributed by atoms with Gasteiger partial charge in [-0.2, -0.15) is 5.26 Å². The molecule has 1 aliphatic rings. The molecule has 7 heteroatoms. The maximum absolute atomic E-state index is 9.08. The van der Waals surface area contributed by atoms with Crippen molar-refractivity contribution in [3.8, 4) is 11.8 Å². The van der Waals surface area contributed by atoms with Gasteiger partial charge in [0.15, 0.2) is 0 Å². The Kier molecular flexibility index (Phi) is 3.56. The fourth-order valence-electron chi connectivity index (χ4n) is 1.91. The van der Waals surface area contributed by atoms with E-state index in [1.807, 2.05) is 22.9 Å². The monoisotopic (exact) mass is 287 g/mol. The molecule has 2 aromatic rings. The summed E-state index contributed by atoms with van der Waals surface area (Å²) in [6, 6.07) is 8.23. The average molecular weight is 287 g/mol. The SMILES string of the molecule is COc1ccc(CSc2nnnn2C2CC2)cc1C#N. The van der Waals surface area contributed by atoms with Crippen LogP contribution in [-0.4, -0.2) is 27.3 Å². The fraction of sp³-hybridized carbons (Fsp3) is 0.385. The van der Waals surface area contributed by atoms with Crippen LogP contribution >= 0.6 is 11.8 Å². The Morgan fingerprint density at radius 3 is 3.05 bits per heavy atom. The van der Waals surface area contributed by atoms with Crippen molar-refractivity contribution in [2.75, 3.05) is 7.11 Å². The lowest BCUT2D eigenvalue weighted by Gasteiger charge is -2.06. The highest BCUT2D eigenvalue weighted by Crippen LogP contribution is 2.37. The van der Waals surface area contributed by atoms with Gasteiger partial charge in [-0.15, -0.1) is 5.10 Å². The zero-order chi connectivity index (χ0) is 13.9. The number of aromatic nitrogens is 4. The molecule has 0 saturated heterocycles. The van der Waals surface area contributed by atoms with Crippen LogP contribution in [0.25, 0.3) is 0 Å². The van der Waals surface area contributed by atoms with Crippen LogP contribution in [0, 0.1) is 11.3 Å². The topological polar surface area (TPSA) is 76.6 Å². The summed E-state index contributed by atoms with van der Waals surface area (Å²) >= 11 is 1.58. The van der Waals surface area contributed by atoms with Crippen molar-refractivity contribution in [1.82, 2.24) is 20.2 Å². The predicted octanol–water partition coefficient (Wildman–Crippen LogP) is 2.18. The Morgan fingerprint density at radius 2 is 2.35 bits per heavy atom. The second kappa shape index (κ2) is 5.51. The van der Waals surface area contributed by atoms with Crippen LogP contribution in [0.3, 0.4) is 0 Å². The lowest BCUT2D eigenvalue weighted by atomic mass is 10.1. The Hall–Kier alpha value is -2.07. The van der Waals surface area contributed by atoms with Crippen LogP contribution in [0.5, 0.6) is 5.75 Å². The Morgan fingerprint density at radius 1 is 1.50 bits per heavy atom. The number of hydrogen-bond donors (Lipinski definition) is 0. The van der Waals surface area contributed by atoms with Crippen LogP contribution in [-0.2, 0) is 5.75 Å². The molecule has 102 valence electrons. The predicted molar refractivity (Wildman–Crippen MR) is 73.4 cm³/mol. The first-order chi connectivity index (χ1) is 9.81. The van der Waals surface area contributed by atoms with E-state index >= 15 is 0 Å². The highest BCUT2D eigenvalue weighted by atomic mass is 32.2. The molecule has 1 aromatic heterocycles. The van der Waals surface area contributed by atoms with E-state index in [9.17, 15) is 0 Å². The van der Waals surface area contributed by atoms with Gasteiger partial charge in [0.2, 0.25) is 5.16 Å². The molecule has 1 saturated carbocycles. The minimum absolute atomic E-state index is 0.470. The second-order valence-corrected chi connectivity index (χ2v) is 5.51. The maximum Gasteiger partial charge on any atom is 0.209 e. The second-order valence-electron chi connectivity index (χ2n) is 4.57. The van der Waals surface area contributed by atoms with Gasteiger partial charge in [-0.25, -0.2) is 4.68 Å². The van der Waals surface area contributed by atoms with Crippen LogP contribution in [0.4, 0.5) is 0 Å². The lowest BCUT2D eigenvalue weighted by molar-refractivity contribution is 0.413. The largest absolute Gasteiger partial charge is 0.495 e. The first-order valence-corrected chi connectivity index (χ1v) is 7.28. The van der Waals surface area contributed by atoms with E-state index in [1.165, 1.54) is 0 Å². The lowest BCUT2D eigenvalue weighted by Crippen LogP contribution is -1.99.